The molecule has 0 bridgehead atoms. The second kappa shape index (κ2) is 3.23. The van der Waals surface area contributed by atoms with E-state index in [0.29, 0.717) is 0 Å². The molecule has 3 heteroatoms. The molecule has 11 heavy (non-hydrogen) atoms. The summed E-state index contributed by atoms with van der Waals surface area (Å²) >= 11 is 0. The lowest BCUT2D eigenvalue weighted by Gasteiger charge is -2.01. The summed E-state index contributed by atoms with van der Waals surface area (Å²) in [4.78, 5) is 3.29. The largest absolute Gasteiger partial charge is 0.238 e. The first-order chi connectivity index (χ1) is 5.25. The second-order valence-corrected chi connectivity index (χ2v) is 2.02. The molecule has 0 saturated carbocycles. The van der Waals surface area contributed by atoms with Crippen molar-refractivity contribution in [3.8, 4) is 0 Å². The number of nitrogens with zero attached hydrogens (tertiary/aromatic N) is 1. The van der Waals surface area contributed by atoms with Gasteiger partial charge in [0.05, 0.1) is 0 Å². The summed E-state index contributed by atoms with van der Waals surface area (Å²) in [6.07, 6.45) is 0.832. The Labute approximate surface area is 63.4 Å². The standard InChI is InChI=1S/C8H7F2N/c1-2-7(9)6-4-3-5-11-8(6)10/h2-5,7H,1H2. The summed E-state index contributed by atoms with van der Waals surface area (Å²) in [5.41, 5.74) is -0.0671. The van der Waals surface area contributed by atoms with E-state index in [1.807, 2.05) is 0 Å². The Kier molecular flexibility index (Phi) is 2.31. The maximum atomic E-state index is 12.7. The van der Waals surface area contributed by atoms with Gasteiger partial charge in [-0.1, -0.05) is 12.7 Å². The Morgan fingerprint density at radius 2 is 2.36 bits per heavy atom. The van der Waals surface area contributed by atoms with Gasteiger partial charge in [0, 0.05) is 11.8 Å². The normalized spacial score (nSPS) is 12.5. The number of alkyl halides is 1. The Balaban J connectivity index is 3.02. The molecular weight excluding hydrogens is 148 g/mol. The van der Waals surface area contributed by atoms with Gasteiger partial charge in [-0.3, -0.25) is 0 Å². The van der Waals surface area contributed by atoms with E-state index >= 15 is 0 Å². The van der Waals surface area contributed by atoms with Gasteiger partial charge in [-0.25, -0.2) is 9.37 Å². The Hall–Kier alpha value is -1.25. The van der Waals surface area contributed by atoms with Crippen LogP contribution in [-0.4, -0.2) is 4.98 Å². The van der Waals surface area contributed by atoms with Crippen molar-refractivity contribution in [3.63, 3.8) is 0 Å². The lowest BCUT2D eigenvalue weighted by atomic mass is 10.2. The first kappa shape index (κ1) is 7.85. The molecule has 1 aromatic heterocycles. The number of halogens is 2. The van der Waals surface area contributed by atoms with Gasteiger partial charge in [0.2, 0.25) is 5.95 Å². The average Bonchev–Trinajstić information content (AvgIpc) is 2.04. The van der Waals surface area contributed by atoms with E-state index in [9.17, 15) is 8.78 Å². The first-order valence-electron chi connectivity index (χ1n) is 3.12. The van der Waals surface area contributed by atoms with Crippen molar-refractivity contribution in [1.29, 1.82) is 0 Å². The molecule has 0 amide bonds. The summed E-state index contributed by atoms with van der Waals surface area (Å²) in [5, 5.41) is 0. The molecule has 1 aromatic rings. The summed E-state index contributed by atoms with van der Waals surface area (Å²) in [7, 11) is 0. The van der Waals surface area contributed by atoms with Crippen molar-refractivity contribution in [2.24, 2.45) is 0 Å². The van der Waals surface area contributed by atoms with Crippen LogP contribution in [0.25, 0.3) is 0 Å². The van der Waals surface area contributed by atoms with E-state index in [1.165, 1.54) is 18.3 Å². The molecule has 0 spiro atoms. The minimum atomic E-state index is -1.47. The van der Waals surface area contributed by atoms with Crippen LogP contribution in [-0.2, 0) is 0 Å². The smallest absolute Gasteiger partial charge is 0.219 e. The van der Waals surface area contributed by atoms with Gasteiger partial charge in [0.15, 0.2) is 0 Å². The zero-order chi connectivity index (χ0) is 8.27. The first-order valence-corrected chi connectivity index (χ1v) is 3.12. The van der Waals surface area contributed by atoms with Crippen LogP contribution >= 0.6 is 0 Å². The lowest BCUT2D eigenvalue weighted by Crippen LogP contribution is -1.94. The molecule has 1 unspecified atom stereocenters. The minimum absolute atomic E-state index is 0.0671. The number of hydrogen-bond donors (Lipinski definition) is 0. The van der Waals surface area contributed by atoms with Gasteiger partial charge in [0.1, 0.15) is 6.17 Å². The second-order valence-electron chi connectivity index (χ2n) is 2.02. The SMILES string of the molecule is C=CC(F)c1cccnc1F. The van der Waals surface area contributed by atoms with Crippen molar-refractivity contribution in [3.05, 3.63) is 42.5 Å². The number of aromatic nitrogens is 1. The van der Waals surface area contributed by atoms with Gasteiger partial charge < -0.3 is 0 Å². The van der Waals surface area contributed by atoms with Gasteiger partial charge in [-0.2, -0.15) is 4.39 Å². The Morgan fingerprint density at radius 3 is 2.91 bits per heavy atom. The molecule has 0 fully saturated rings. The molecule has 0 aromatic carbocycles. The molecule has 58 valence electrons. The van der Waals surface area contributed by atoms with Gasteiger partial charge in [-0.15, -0.1) is 0 Å². The van der Waals surface area contributed by atoms with E-state index in [4.69, 9.17) is 0 Å². The van der Waals surface area contributed by atoms with Crippen LogP contribution in [0.15, 0.2) is 31.0 Å². The van der Waals surface area contributed by atoms with Gasteiger partial charge in [0.25, 0.3) is 0 Å². The van der Waals surface area contributed by atoms with E-state index in [-0.39, 0.29) is 5.56 Å². The third kappa shape index (κ3) is 1.61. The van der Waals surface area contributed by atoms with Gasteiger partial charge >= 0.3 is 0 Å². The molecule has 1 atom stereocenters. The highest BCUT2D eigenvalue weighted by Gasteiger charge is 2.10. The van der Waals surface area contributed by atoms with Crippen molar-refractivity contribution in [1.82, 2.24) is 4.98 Å². The maximum Gasteiger partial charge on any atom is 0.219 e. The highest BCUT2D eigenvalue weighted by Crippen LogP contribution is 2.19. The van der Waals surface area contributed by atoms with Crippen LogP contribution < -0.4 is 0 Å². The summed E-state index contributed by atoms with van der Waals surface area (Å²) in [5.74, 6) is -0.778. The van der Waals surface area contributed by atoms with E-state index < -0.39 is 12.1 Å². The number of hydrogen-bond acceptors (Lipinski definition) is 1. The fraction of sp³-hybridized carbons (Fsp3) is 0.125. The van der Waals surface area contributed by atoms with E-state index in [1.54, 1.807) is 0 Å². The van der Waals surface area contributed by atoms with Crippen LogP contribution in [0.4, 0.5) is 8.78 Å². The summed E-state index contributed by atoms with van der Waals surface area (Å²) in [6.45, 7) is 3.21. The van der Waals surface area contributed by atoms with Crippen LogP contribution in [0, 0.1) is 5.95 Å². The highest BCUT2D eigenvalue weighted by molar-refractivity contribution is 5.17. The summed E-state index contributed by atoms with van der Waals surface area (Å²) < 4.78 is 25.4. The van der Waals surface area contributed by atoms with E-state index in [2.05, 4.69) is 11.6 Å². The summed E-state index contributed by atoms with van der Waals surface area (Å²) in [6, 6.07) is 2.82. The molecule has 1 heterocycles. The van der Waals surface area contributed by atoms with Crippen LogP contribution in [0.2, 0.25) is 0 Å². The average molecular weight is 155 g/mol. The van der Waals surface area contributed by atoms with Crippen molar-refractivity contribution >= 4 is 0 Å². The molecule has 0 N–H and O–H groups in total. The number of pyridine rings is 1. The van der Waals surface area contributed by atoms with Crippen molar-refractivity contribution in [2.45, 2.75) is 6.17 Å². The predicted octanol–water partition coefficient (Wildman–Crippen LogP) is 2.42. The lowest BCUT2D eigenvalue weighted by molar-refractivity contribution is 0.394. The fourth-order valence-electron chi connectivity index (χ4n) is 0.731. The van der Waals surface area contributed by atoms with Crippen molar-refractivity contribution in [2.75, 3.05) is 0 Å². The van der Waals surface area contributed by atoms with Crippen molar-refractivity contribution < 1.29 is 8.78 Å². The quantitative estimate of drug-likeness (QED) is 0.472. The molecule has 0 radical (unpaired) electrons. The molecule has 0 aliphatic carbocycles. The maximum absolute atomic E-state index is 12.7. The van der Waals surface area contributed by atoms with Crippen LogP contribution in [0.1, 0.15) is 11.7 Å². The van der Waals surface area contributed by atoms with Gasteiger partial charge in [-0.05, 0) is 12.1 Å². The minimum Gasteiger partial charge on any atom is -0.238 e. The third-order valence-electron chi connectivity index (χ3n) is 1.29. The topological polar surface area (TPSA) is 12.9 Å². The molecule has 1 rings (SSSR count). The highest BCUT2D eigenvalue weighted by atomic mass is 19.1. The fourth-order valence-corrected chi connectivity index (χ4v) is 0.731. The Bertz CT molecular complexity index is 260. The Morgan fingerprint density at radius 1 is 1.64 bits per heavy atom. The zero-order valence-electron chi connectivity index (χ0n) is 5.80. The van der Waals surface area contributed by atoms with Crippen LogP contribution in [0.3, 0.4) is 0 Å². The molecule has 0 aliphatic rings. The molecule has 0 aliphatic heterocycles. The zero-order valence-corrected chi connectivity index (χ0v) is 5.80. The number of rotatable bonds is 2. The molecule has 0 saturated heterocycles. The van der Waals surface area contributed by atoms with E-state index in [0.717, 1.165) is 6.08 Å². The third-order valence-corrected chi connectivity index (χ3v) is 1.29. The monoisotopic (exact) mass is 155 g/mol. The predicted molar refractivity (Wildman–Crippen MR) is 38.2 cm³/mol. The molecule has 1 nitrogen and oxygen atoms in total. The molecular formula is C8H7F2N. The number of allylic oxidation sites excluding steroid dienone is 1. The van der Waals surface area contributed by atoms with Crippen LogP contribution in [0.5, 0.6) is 0 Å².